The lowest BCUT2D eigenvalue weighted by atomic mass is 9.83. The van der Waals surface area contributed by atoms with Crippen molar-refractivity contribution >= 4 is 22.2 Å². The van der Waals surface area contributed by atoms with E-state index in [9.17, 15) is 0 Å². The number of benzene rings is 6. The Hall–Kier alpha value is -6.32. The summed E-state index contributed by atoms with van der Waals surface area (Å²) in [5, 5.41) is 1.33. The Balaban J connectivity index is 0.000000471. The third kappa shape index (κ3) is 5.03. The summed E-state index contributed by atoms with van der Waals surface area (Å²) in [6.45, 7) is 6.68. The van der Waals surface area contributed by atoms with Crippen molar-refractivity contribution in [2.45, 2.75) is 51.8 Å². The van der Waals surface area contributed by atoms with Gasteiger partial charge in [-0.25, -0.2) is 0 Å². The summed E-state index contributed by atoms with van der Waals surface area (Å²) in [5.41, 5.74) is 20.2. The molecule has 1 aromatic heterocycles. The van der Waals surface area contributed by atoms with Gasteiger partial charge in [-0.3, -0.25) is 0 Å². The molecule has 4 atom stereocenters. The molecule has 5 aliphatic rings. The second-order valence-corrected chi connectivity index (χ2v) is 16.2. The highest BCUT2D eigenvalue weighted by molar-refractivity contribution is 6.02. The molecule has 272 valence electrons. The molecule has 0 radical (unpaired) electrons. The average molecular weight is 725 g/mol. The first-order valence-corrected chi connectivity index (χ1v) is 20.1. The lowest BCUT2D eigenvalue weighted by Crippen LogP contribution is -2.39. The van der Waals surface area contributed by atoms with Gasteiger partial charge in [0, 0.05) is 45.9 Å². The molecule has 1 saturated heterocycles. The smallest absolute Gasteiger partial charge is 0.180 e. The van der Waals surface area contributed by atoms with Crippen molar-refractivity contribution < 1.29 is 4.74 Å². The first kappa shape index (κ1) is 33.1. The van der Waals surface area contributed by atoms with E-state index in [-0.39, 0.29) is 12.3 Å². The molecule has 56 heavy (non-hydrogen) atoms. The molecule has 2 aliphatic heterocycles. The van der Waals surface area contributed by atoms with E-state index in [2.05, 4.69) is 176 Å². The first-order valence-electron chi connectivity index (χ1n) is 20.1. The van der Waals surface area contributed by atoms with E-state index in [1.165, 1.54) is 89.2 Å². The van der Waals surface area contributed by atoms with Gasteiger partial charge < -0.3 is 14.2 Å². The van der Waals surface area contributed by atoms with Crippen LogP contribution in [0.25, 0.3) is 33.3 Å². The van der Waals surface area contributed by atoms with Gasteiger partial charge in [0.15, 0.2) is 6.23 Å². The fourth-order valence-electron chi connectivity index (χ4n) is 10.4. The molecule has 0 saturated carbocycles. The van der Waals surface area contributed by atoms with Crippen LogP contribution in [-0.4, -0.2) is 16.8 Å². The molecule has 3 heteroatoms. The molecule has 4 unspecified atom stereocenters. The zero-order valence-corrected chi connectivity index (χ0v) is 32.1. The second kappa shape index (κ2) is 12.9. The van der Waals surface area contributed by atoms with Crippen LogP contribution in [0.4, 0.5) is 5.69 Å². The maximum Gasteiger partial charge on any atom is 0.180 e. The summed E-state index contributed by atoms with van der Waals surface area (Å²) in [4.78, 5) is 2.55. The van der Waals surface area contributed by atoms with Crippen molar-refractivity contribution in [1.29, 1.82) is 0 Å². The van der Waals surface area contributed by atoms with Gasteiger partial charge in [0.05, 0.1) is 17.5 Å². The third-order valence-electron chi connectivity index (χ3n) is 12.8. The molecule has 7 aromatic rings. The van der Waals surface area contributed by atoms with Crippen molar-refractivity contribution in [1.82, 2.24) is 4.57 Å². The maximum absolute atomic E-state index is 6.76. The number of allylic oxidation sites excluding steroid dienone is 3. The molecule has 0 amide bonds. The van der Waals surface area contributed by atoms with Crippen LogP contribution in [0.3, 0.4) is 0 Å². The van der Waals surface area contributed by atoms with Gasteiger partial charge in [-0.2, -0.15) is 0 Å². The van der Waals surface area contributed by atoms with Gasteiger partial charge in [0.25, 0.3) is 0 Å². The van der Waals surface area contributed by atoms with Crippen LogP contribution in [0.1, 0.15) is 57.5 Å². The Morgan fingerprint density at radius 2 is 1.34 bits per heavy atom. The van der Waals surface area contributed by atoms with E-state index in [4.69, 9.17) is 4.74 Å². The van der Waals surface area contributed by atoms with Crippen molar-refractivity contribution in [2.75, 3.05) is 4.90 Å². The van der Waals surface area contributed by atoms with E-state index in [0.717, 1.165) is 18.6 Å². The summed E-state index contributed by atoms with van der Waals surface area (Å²) in [6, 6.07) is 51.3. The Labute approximate surface area is 329 Å². The predicted molar refractivity (Wildman–Crippen MR) is 231 cm³/mol. The Bertz CT molecular complexity index is 2800. The van der Waals surface area contributed by atoms with Gasteiger partial charge in [-0.05, 0) is 103 Å². The molecular formula is C53H44N2O. The molecule has 3 nitrogen and oxygen atoms in total. The Morgan fingerprint density at radius 1 is 0.607 bits per heavy atom. The quantitative estimate of drug-likeness (QED) is 0.180. The minimum atomic E-state index is -0.0221. The molecule has 0 spiro atoms. The fraction of sp³-hybridized carbons (Fsp3) is 0.170. The van der Waals surface area contributed by atoms with Crippen LogP contribution >= 0.6 is 0 Å². The van der Waals surface area contributed by atoms with Crippen LogP contribution in [0.15, 0.2) is 169 Å². The second-order valence-electron chi connectivity index (χ2n) is 16.2. The normalized spacial score (nSPS) is 20.5. The van der Waals surface area contributed by atoms with E-state index in [1.54, 1.807) is 0 Å². The van der Waals surface area contributed by atoms with Crippen LogP contribution in [0.2, 0.25) is 0 Å². The van der Waals surface area contributed by atoms with Gasteiger partial charge >= 0.3 is 0 Å². The highest BCUT2D eigenvalue weighted by Gasteiger charge is 2.53. The summed E-state index contributed by atoms with van der Waals surface area (Å²) in [6.07, 6.45) is 11.1. The number of fused-ring (bicyclic) bond motifs is 11. The zero-order chi connectivity index (χ0) is 37.5. The summed E-state index contributed by atoms with van der Waals surface area (Å²) < 4.78 is 9.28. The molecular weight excluding hydrogens is 681 g/mol. The zero-order valence-electron chi connectivity index (χ0n) is 32.1. The Morgan fingerprint density at radius 3 is 2.21 bits per heavy atom. The summed E-state index contributed by atoms with van der Waals surface area (Å²) in [5.74, 6) is 1.73. The third-order valence-corrected chi connectivity index (χ3v) is 12.8. The molecule has 0 N–H and O–H groups in total. The number of hydrogen-bond acceptors (Lipinski definition) is 2. The number of ether oxygens (including phenoxy) is 1. The number of aryl methyl sites for hydroxylation is 2. The number of anilines is 1. The largest absolute Gasteiger partial charge is 0.470 e. The van der Waals surface area contributed by atoms with Crippen molar-refractivity contribution in [3.05, 3.63) is 214 Å². The lowest BCUT2D eigenvalue weighted by Gasteiger charge is -2.32. The van der Waals surface area contributed by atoms with Crippen LogP contribution < -0.4 is 9.64 Å². The number of rotatable bonds is 3. The molecule has 3 aliphatic carbocycles. The number of nitrogens with zero attached hydrogens (tertiary/aromatic N) is 2. The molecule has 0 bridgehead atoms. The monoisotopic (exact) mass is 724 g/mol. The van der Waals surface area contributed by atoms with E-state index in [0.29, 0.717) is 11.8 Å². The summed E-state index contributed by atoms with van der Waals surface area (Å²) >= 11 is 0. The molecule has 6 aromatic carbocycles. The van der Waals surface area contributed by atoms with Crippen LogP contribution in [-0.2, 0) is 12.8 Å². The van der Waals surface area contributed by atoms with E-state index in [1.807, 2.05) is 18.2 Å². The average Bonchev–Trinajstić information content (AvgIpc) is 4.02. The number of para-hydroxylation sites is 2. The van der Waals surface area contributed by atoms with Gasteiger partial charge in [-0.15, -0.1) is 0 Å². The fourth-order valence-corrected chi connectivity index (χ4v) is 10.4. The van der Waals surface area contributed by atoms with E-state index >= 15 is 0 Å². The maximum atomic E-state index is 6.76. The van der Waals surface area contributed by atoms with Gasteiger partial charge in [-0.1, -0.05) is 139 Å². The first-order chi connectivity index (χ1) is 27.5. The van der Waals surface area contributed by atoms with Crippen molar-refractivity contribution in [3.8, 4) is 22.6 Å². The van der Waals surface area contributed by atoms with Gasteiger partial charge in [0.2, 0.25) is 0 Å². The predicted octanol–water partition coefficient (Wildman–Crippen LogP) is 12.3. The minimum absolute atomic E-state index is 0.0221. The molecule has 12 rings (SSSR count). The van der Waals surface area contributed by atoms with E-state index < -0.39 is 0 Å². The number of hydrogen-bond donors (Lipinski definition) is 0. The topological polar surface area (TPSA) is 17.4 Å². The van der Waals surface area contributed by atoms with Crippen LogP contribution in [0, 0.1) is 19.8 Å². The van der Waals surface area contributed by atoms with Crippen LogP contribution in [0.5, 0.6) is 5.75 Å². The highest BCUT2D eigenvalue weighted by Crippen LogP contribution is 2.54. The minimum Gasteiger partial charge on any atom is -0.470 e. The standard InChI is InChI=1S/C46H36N2O.C7H8/c1-27-19-21-31(47-39-16-8-5-13-34(39)44-33-12-4-3-11-29(33)24-41(44)47)25-37(27)43-28(2)23-30-20-22-32(26-38(30)43)48-40-17-9-6-14-35(40)45-36-15-7-10-18-42(36)49-46(45)48;1-7-5-3-2-4-6-7/h3-22,25-26,35,40,45-46H,23-24H2,1-2H3;2-6H,1H3. The van der Waals surface area contributed by atoms with Crippen molar-refractivity contribution in [2.24, 2.45) is 5.92 Å². The highest BCUT2D eigenvalue weighted by atomic mass is 16.5. The Kier molecular flexibility index (Phi) is 7.60. The molecule has 1 fully saturated rings. The lowest BCUT2D eigenvalue weighted by molar-refractivity contribution is 0.222. The molecule has 3 heterocycles. The van der Waals surface area contributed by atoms with Gasteiger partial charge in [0.1, 0.15) is 5.75 Å². The van der Waals surface area contributed by atoms with Crippen molar-refractivity contribution in [3.63, 3.8) is 0 Å². The SMILES string of the molecule is CC1=C(c2cc(-n3c4c(c5ccccc53)-c3ccccc3C4)ccc2C)c2cc(N3C4C=CC=CC4C4c5ccccc5OC43)ccc2C1.Cc1ccccc1. The number of aromatic nitrogens is 1. The summed E-state index contributed by atoms with van der Waals surface area (Å²) in [7, 11) is 0.